The number of carbonyl (C=O) groups is 1. The van der Waals surface area contributed by atoms with Gasteiger partial charge in [0.2, 0.25) is 5.91 Å². The van der Waals surface area contributed by atoms with E-state index in [4.69, 9.17) is 0 Å². The number of likely N-dealkylation sites (tertiary alicyclic amines) is 1. The third-order valence-electron chi connectivity index (χ3n) is 7.54. The van der Waals surface area contributed by atoms with Crippen molar-refractivity contribution in [2.45, 2.75) is 31.7 Å². The van der Waals surface area contributed by atoms with Gasteiger partial charge in [-0.25, -0.2) is 0 Å². The van der Waals surface area contributed by atoms with Gasteiger partial charge in [0, 0.05) is 31.7 Å². The van der Waals surface area contributed by atoms with Crippen molar-refractivity contribution in [3.05, 3.63) is 108 Å². The predicted octanol–water partition coefficient (Wildman–Crippen LogP) is 5.92. The van der Waals surface area contributed by atoms with Crippen LogP contribution < -0.4 is 10.2 Å². The highest BCUT2D eigenvalue weighted by atomic mass is 16.1. The second-order valence-electron chi connectivity index (χ2n) is 10.1. The Kier molecular flexibility index (Phi) is 8.14. The van der Waals surface area contributed by atoms with Gasteiger partial charge in [0.15, 0.2) is 0 Å². The summed E-state index contributed by atoms with van der Waals surface area (Å²) in [5.74, 6) is 0.596. The predicted molar refractivity (Wildman–Crippen MR) is 149 cm³/mol. The lowest BCUT2D eigenvalue weighted by Gasteiger charge is -2.33. The molecule has 3 aromatic rings. The molecule has 0 radical (unpaired) electrons. The van der Waals surface area contributed by atoms with Crippen LogP contribution in [-0.4, -0.2) is 43.5 Å². The third kappa shape index (κ3) is 6.44. The maximum atomic E-state index is 13.0. The molecular formula is C32H37N3O. The average molecular weight is 480 g/mol. The molecule has 2 fully saturated rings. The van der Waals surface area contributed by atoms with Gasteiger partial charge in [0.25, 0.3) is 0 Å². The Balaban J connectivity index is 1.07. The van der Waals surface area contributed by atoms with Gasteiger partial charge in [-0.3, -0.25) is 9.69 Å². The first-order valence-corrected chi connectivity index (χ1v) is 13.4. The number of nitrogens with zero attached hydrogens (tertiary/aromatic N) is 2. The van der Waals surface area contributed by atoms with E-state index in [0.29, 0.717) is 12.3 Å². The molecule has 1 amide bonds. The molecule has 0 atom stereocenters. The van der Waals surface area contributed by atoms with Gasteiger partial charge >= 0.3 is 0 Å². The zero-order chi connectivity index (χ0) is 24.6. The van der Waals surface area contributed by atoms with E-state index in [2.05, 4.69) is 75.8 Å². The van der Waals surface area contributed by atoms with Gasteiger partial charge in [-0.15, -0.1) is 0 Å². The number of amides is 1. The van der Waals surface area contributed by atoms with Crippen LogP contribution in [0.2, 0.25) is 0 Å². The van der Waals surface area contributed by atoms with Gasteiger partial charge in [0.1, 0.15) is 0 Å². The third-order valence-corrected chi connectivity index (χ3v) is 7.54. The molecule has 0 bridgehead atoms. The van der Waals surface area contributed by atoms with E-state index in [0.717, 1.165) is 43.6 Å². The van der Waals surface area contributed by atoms with Crippen LogP contribution in [0.15, 0.2) is 91.0 Å². The fraction of sp³-hybridized carbons (Fsp3) is 0.344. The molecule has 1 N–H and O–H groups in total. The van der Waals surface area contributed by atoms with Crippen molar-refractivity contribution < 1.29 is 4.79 Å². The number of carbonyl (C=O) groups excluding carboxylic acids is 1. The fourth-order valence-electron chi connectivity index (χ4n) is 5.21. The molecule has 2 aliphatic heterocycles. The Labute approximate surface area is 215 Å². The number of anilines is 1. The quantitative estimate of drug-likeness (QED) is 0.414. The van der Waals surface area contributed by atoms with Gasteiger partial charge < -0.3 is 10.2 Å². The normalized spacial score (nSPS) is 16.9. The van der Waals surface area contributed by atoms with Crippen molar-refractivity contribution in [1.29, 1.82) is 0 Å². The van der Waals surface area contributed by atoms with E-state index < -0.39 is 0 Å². The Hall–Kier alpha value is -3.37. The lowest BCUT2D eigenvalue weighted by molar-refractivity contribution is -0.122. The lowest BCUT2D eigenvalue weighted by atomic mass is 9.92. The van der Waals surface area contributed by atoms with Crippen LogP contribution in [0.5, 0.6) is 0 Å². The number of benzene rings is 3. The van der Waals surface area contributed by atoms with Crippen molar-refractivity contribution in [1.82, 2.24) is 10.2 Å². The Bertz CT molecular complexity index is 1080. The molecule has 0 aromatic heterocycles. The summed E-state index contributed by atoms with van der Waals surface area (Å²) in [7, 11) is 0. The summed E-state index contributed by atoms with van der Waals surface area (Å²) < 4.78 is 0. The van der Waals surface area contributed by atoms with E-state index in [1.807, 2.05) is 36.4 Å². The first-order valence-electron chi connectivity index (χ1n) is 13.4. The minimum Gasteiger partial charge on any atom is -0.371 e. The summed E-state index contributed by atoms with van der Waals surface area (Å²) >= 11 is 0. The minimum absolute atomic E-state index is 0.106. The summed E-state index contributed by atoms with van der Waals surface area (Å²) in [6.45, 7) is 5.45. The van der Waals surface area contributed by atoms with Crippen LogP contribution in [0.4, 0.5) is 5.69 Å². The van der Waals surface area contributed by atoms with Crippen molar-refractivity contribution in [2.24, 2.45) is 5.92 Å². The SMILES string of the molecule is O=C(CC1CCN(C/C=C/c2ccc(N3CCC3)cc2)CC1)NC(c1ccccc1)c1ccccc1. The second kappa shape index (κ2) is 12.0. The van der Waals surface area contributed by atoms with Gasteiger partial charge in [0.05, 0.1) is 6.04 Å². The molecule has 0 spiro atoms. The first kappa shape index (κ1) is 24.3. The summed E-state index contributed by atoms with van der Waals surface area (Å²) in [6, 6.07) is 29.3. The molecule has 186 valence electrons. The van der Waals surface area contributed by atoms with E-state index in [9.17, 15) is 4.79 Å². The Morgan fingerprint density at radius 1 is 0.833 bits per heavy atom. The largest absolute Gasteiger partial charge is 0.371 e. The molecule has 0 unspecified atom stereocenters. The van der Waals surface area contributed by atoms with Crippen molar-refractivity contribution in [3.63, 3.8) is 0 Å². The molecule has 2 heterocycles. The highest BCUT2D eigenvalue weighted by molar-refractivity contribution is 5.77. The molecule has 2 aliphatic rings. The second-order valence-corrected chi connectivity index (χ2v) is 10.1. The van der Waals surface area contributed by atoms with Crippen molar-refractivity contribution >= 4 is 17.7 Å². The maximum Gasteiger partial charge on any atom is 0.221 e. The number of rotatable bonds is 9. The van der Waals surface area contributed by atoms with Crippen LogP contribution in [0.3, 0.4) is 0 Å². The molecule has 36 heavy (non-hydrogen) atoms. The zero-order valence-corrected chi connectivity index (χ0v) is 21.1. The Morgan fingerprint density at radius 2 is 1.44 bits per heavy atom. The average Bonchev–Trinajstić information content (AvgIpc) is 2.89. The molecule has 2 saturated heterocycles. The van der Waals surface area contributed by atoms with E-state index in [1.165, 1.54) is 30.8 Å². The molecule has 5 rings (SSSR count). The first-order chi connectivity index (χ1) is 17.7. The standard InChI is InChI=1S/C32H37N3O/c36-31(33-32(28-10-3-1-4-11-28)29-12-5-2-6-13-29)25-27-18-23-34(24-19-27)20-7-9-26-14-16-30(17-15-26)35-21-8-22-35/h1-7,9-17,27,32H,8,18-25H2,(H,33,36)/b9-7+. The fourth-order valence-corrected chi connectivity index (χ4v) is 5.21. The number of hydrogen-bond donors (Lipinski definition) is 1. The molecular weight excluding hydrogens is 442 g/mol. The van der Waals surface area contributed by atoms with E-state index in [-0.39, 0.29) is 11.9 Å². The monoisotopic (exact) mass is 479 g/mol. The van der Waals surface area contributed by atoms with E-state index >= 15 is 0 Å². The topological polar surface area (TPSA) is 35.6 Å². The van der Waals surface area contributed by atoms with Gasteiger partial charge in [-0.2, -0.15) is 0 Å². The van der Waals surface area contributed by atoms with Gasteiger partial charge in [-0.05, 0) is 67.1 Å². The summed E-state index contributed by atoms with van der Waals surface area (Å²) in [5.41, 5.74) is 4.84. The maximum absolute atomic E-state index is 13.0. The van der Waals surface area contributed by atoms with Crippen LogP contribution in [0.25, 0.3) is 6.08 Å². The molecule has 4 nitrogen and oxygen atoms in total. The van der Waals surface area contributed by atoms with E-state index in [1.54, 1.807) is 0 Å². The lowest BCUT2D eigenvalue weighted by Crippen LogP contribution is -2.37. The van der Waals surface area contributed by atoms with Crippen LogP contribution in [-0.2, 0) is 4.79 Å². The highest BCUT2D eigenvalue weighted by Gasteiger charge is 2.23. The smallest absolute Gasteiger partial charge is 0.221 e. The number of nitrogens with one attached hydrogen (secondary N) is 1. The minimum atomic E-state index is -0.106. The van der Waals surface area contributed by atoms with Gasteiger partial charge in [-0.1, -0.05) is 84.9 Å². The van der Waals surface area contributed by atoms with Crippen molar-refractivity contribution in [3.8, 4) is 0 Å². The van der Waals surface area contributed by atoms with Crippen LogP contribution in [0.1, 0.15) is 48.4 Å². The molecule has 0 saturated carbocycles. The summed E-state index contributed by atoms with van der Waals surface area (Å²) in [5, 5.41) is 3.31. The molecule has 4 heteroatoms. The molecule has 3 aromatic carbocycles. The number of hydrogen-bond acceptors (Lipinski definition) is 3. The molecule has 0 aliphatic carbocycles. The highest BCUT2D eigenvalue weighted by Crippen LogP contribution is 2.25. The number of piperidine rings is 1. The Morgan fingerprint density at radius 3 is 2.00 bits per heavy atom. The van der Waals surface area contributed by atoms with Crippen LogP contribution >= 0.6 is 0 Å². The summed E-state index contributed by atoms with van der Waals surface area (Å²) in [6.07, 6.45) is 8.57. The van der Waals surface area contributed by atoms with Crippen molar-refractivity contribution in [2.75, 3.05) is 37.6 Å². The zero-order valence-electron chi connectivity index (χ0n) is 21.1. The van der Waals surface area contributed by atoms with Crippen LogP contribution in [0, 0.1) is 5.92 Å². The summed E-state index contributed by atoms with van der Waals surface area (Å²) in [4.78, 5) is 17.9.